The summed E-state index contributed by atoms with van der Waals surface area (Å²) in [6.45, 7) is 4.73. The summed E-state index contributed by atoms with van der Waals surface area (Å²) in [5, 5.41) is 0.823. The molecule has 23 heavy (non-hydrogen) atoms. The lowest BCUT2D eigenvalue weighted by molar-refractivity contribution is -0.150. The molecule has 1 amide bonds. The molecule has 1 aromatic heterocycles. The number of carbonyl (C=O) groups is 2. The molecule has 2 aliphatic rings. The van der Waals surface area contributed by atoms with Crippen LogP contribution in [0.15, 0.2) is 24.3 Å². The van der Waals surface area contributed by atoms with Crippen LogP contribution in [0.4, 0.5) is 0 Å². The number of nitrogens with one attached hydrogen (secondary N) is 1. The molecule has 2 fully saturated rings. The number of aromatic amines is 1. The maximum Gasteiger partial charge on any atom is 0.295 e. The lowest BCUT2D eigenvalue weighted by Crippen LogP contribution is -2.53. The molecule has 1 spiro atoms. The van der Waals surface area contributed by atoms with Crippen molar-refractivity contribution in [3.8, 4) is 0 Å². The lowest BCUT2D eigenvalue weighted by atomic mass is 9.77. The molecule has 4 rings (SSSR count). The van der Waals surface area contributed by atoms with Gasteiger partial charge in [-0.3, -0.25) is 9.59 Å². The van der Waals surface area contributed by atoms with E-state index >= 15 is 0 Å². The van der Waals surface area contributed by atoms with Gasteiger partial charge in [-0.1, -0.05) is 18.2 Å². The van der Waals surface area contributed by atoms with Crippen molar-refractivity contribution in [3.63, 3.8) is 0 Å². The largest absolute Gasteiger partial charge is 0.380 e. The number of hydrogen-bond donors (Lipinski definition) is 1. The first-order chi connectivity index (χ1) is 11.1. The van der Waals surface area contributed by atoms with Gasteiger partial charge >= 0.3 is 0 Å². The van der Waals surface area contributed by atoms with Gasteiger partial charge in [0, 0.05) is 35.1 Å². The Labute approximate surface area is 134 Å². The molecule has 2 aliphatic heterocycles. The van der Waals surface area contributed by atoms with Crippen molar-refractivity contribution in [2.24, 2.45) is 5.41 Å². The van der Waals surface area contributed by atoms with E-state index in [-0.39, 0.29) is 11.3 Å². The molecule has 2 saturated heterocycles. The Morgan fingerprint density at radius 2 is 1.87 bits per heavy atom. The highest BCUT2D eigenvalue weighted by molar-refractivity contribution is 6.45. The zero-order valence-electron chi connectivity index (χ0n) is 13.2. The van der Waals surface area contributed by atoms with Gasteiger partial charge in [0.25, 0.3) is 11.7 Å². The van der Waals surface area contributed by atoms with Crippen molar-refractivity contribution in [2.75, 3.05) is 26.3 Å². The van der Waals surface area contributed by atoms with E-state index in [0.717, 1.165) is 42.7 Å². The summed E-state index contributed by atoms with van der Waals surface area (Å²) >= 11 is 0. The van der Waals surface area contributed by atoms with Gasteiger partial charge in [0.2, 0.25) is 0 Å². The zero-order valence-corrected chi connectivity index (χ0v) is 13.2. The number of ketones is 1. The third-order valence-electron chi connectivity index (χ3n) is 5.24. The Hall–Kier alpha value is -2.14. The van der Waals surface area contributed by atoms with Crippen LogP contribution in [0.2, 0.25) is 0 Å². The number of aromatic nitrogens is 1. The second kappa shape index (κ2) is 5.20. The standard InChI is InChI=1S/C18H20N2O3/c1-12-15(13-4-2-3-5-14(13)19-12)16(21)17(22)20-8-6-18(7-9-20)10-23-11-18/h2-5,19H,6-11H2,1H3. The molecular formula is C18H20N2O3. The highest BCUT2D eigenvalue weighted by Gasteiger charge is 2.42. The Morgan fingerprint density at radius 1 is 1.17 bits per heavy atom. The van der Waals surface area contributed by atoms with Crippen LogP contribution < -0.4 is 0 Å². The van der Waals surface area contributed by atoms with Crippen molar-refractivity contribution in [1.29, 1.82) is 0 Å². The number of ether oxygens (including phenoxy) is 1. The highest BCUT2D eigenvalue weighted by Crippen LogP contribution is 2.38. The summed E-state index contributed by atoms with van der Waals surface area (Å²) in [6, 6.07) is 7.61. The van der Waals surface area contributed by atoms with Crippen molar-refractivity contribution in [3.05, 3.63) is 35.5 Å². The SMILES string of the molecule is Cc1[nH]c2ccccc2c1C(=O)C(=O)N1CCC2(CC1)COC2. The average Bonchev–Trinajstić information content (AvgIpc) is 2.88. The molecule has 120 valence electrons. The number of para-hydroxylation sites is 1. The molecule has 2 aromatic rings. The summed E-state index contributed by atoms with van der Waals surface area (Å²) in [6.07, 6.45) is 1.86. The highest BCUT2D eigenvalue weighted by atomic mass is 16.5. The quantitative estimate of drug-likeness (QED) is 0.683. The van der Waals surface area contributed by atoms with Gasteiger partial charge in [-0.05, 0) is 25.8 Å². The molecular weight excluding hydrogens is 292 g/mol. The van der Waals surface area contributed by atoms with Gasteiger partial charge in [-0.15, -0.1) is 0 Å². The van der Waals surface area contributed by atoms with Crippen molar-refractivity contribution in [2.45, 2.75) is 19.8 Å². The number of rotatable bonds is 2. The van der Waals surface area contributed by atoms with Gasteiger partial charge in [-0.2, -0.15) is 0 Å². The normalized spacial score (nSPS) is 19.8. The Kier molecular flexibility index (Phi) is 3.27. The molecule has 0 atom stereocenters. The van der Waals surface area contributed by atoms with Crippen LogP contribution in [-0.2, 0) is 9.53 Å². The third kappa shape index (κ3) is 2.27. The van der Waals surface area contributed by atoms with Crippen molar-refractivity contribution in [1.82, 2.24) is 9.88 Å². The first-order valence-electron chi connectivity index (χ1n) is 8.08. The van der Waals surface area contributed by atoms with Crippen LogP contribution in [0.5, 0.6) is 0 Å². The molecule has 1 aromatic carbocycles. The fourth-order valence-corrected chi connectivity index (χ4v) is 3.68. The molecule has 5 heteroatoms. The number of fused-ring (bicyclic) bond motifs is 1. The van der Waals surface area contributed by atoms with E-state index in [9.17, 15) is 9.59 Å². The number of aryl methyl sites for hydroxylation is 1. The molecule has 0 radical (unpaired) electrons. The topological polar surface area (TPSA) is 62.4 Å². The van der Waals surface area contributed by atoms with E-state index in [4.69, 9.17) is 4.74 Å². The zero-order chi connectivity index (χ0) is 16.0. The number of piperidine rings is 1. The Balaban J connectivity index is 1.56. The van der Waals surface area contributed by atoms with Crippen LogP contribution >= 0.6 is 0 Å². The first kappa shape index (κ1) is 14.5. The minimum atomic E-state index is -0.402. The molecule has 3 heterocycles. The minimum absolute atomic E-state index is 0.260. The number of H-pyrrole nitrogens is 1. The van der Waals surface area contributed by atoms with Crippen molar-refractivity contribution < 1.29 is 14.3 Å². The molecule has 0 unspecified atom stereocenters. The second-order valence-electron chi connectivity index (χ2n) is 6.78. The van der Waals surface area contributed by atoms with E-state index in [1.54, 1.807) is 4.90 Å². The van der Waals surface area contributed by atoms with Crippen LogP contribution in [0, 0.1) is 12.3 Å². The number of benzene rings is 1. The number of hydrogen-bond acceptors (Lipinski definition) is 3. The minimum Gasteiger partial charge on any atom is -0.380 e. The summed E-state index contributed by atoms with van der Waals surface area (Å²) in [7, 11) is 0. The fourth-order valence-electron chi connectivity index (χ4n) is 3.68. The van der Waals surface area contributed by atoms with Crippen LogP contribution in [0.3, 0.4) is 0 Å². The van der Waals surface area contributed by atoms with Gasteiger partial charge < -0.3 is 14.6 Å². The smallest absolute Gasteiger partial charge is 0.295 e. The van der Waals surface area contributed by atoms with Gasteiger partial charge in [0.15, 0.2) is 0 Å². The number of carbonyl (C=O) groups excluding carboxylic acids is 2. The summed E-state index contributed by atoms with van der Waals surface area (Å²) < 4.78 is 5.31. The molecule has 0 aliphatic carbocycles. The molecule has 0 saturated carbocycles. The lowest BCUT2D eigenvalue weighted by Gasteiger charge is -2.47. The predicted molar refractivity (Wildman–Crippen MR) is 86.4 cm³/mol. The maximum absolute atomic E-state index is 12.7. The summed E-state index contributed by atoms with van der Waals surface area (Å²) in [5.74, 6) is -0.784. The van der Waals surface area contributed by atoms with Gasteiger partial charge in [-0.25, -0.2) is 0 Å². The predicted octanol–water partition coefficient (Wildman–Crippen LogP) is 2.30. The van der Waals surface area contributed by atoms with E-state index in [2.05, 4.69) is 4.98 Å². The van der Waals surface area contributed by atoms with E-state index in [1.165, 1.54) is 0 Å². The maximum atomic E-state index is 12.7. The van der Waals surface area contributed by atoms with Crippen LogP contribution in [0.25, 0.3) is 10.9 Å². The fraction of sp³-hybridized carbons (Fsp3) is 0.444. The Bertz CT molecular complexity index is 779. The van der Waals surface area contributed by atoms with Gasteiger partial charge in [0.05, 0.1) is 18.8 Å². The number of likely N-dealkylation sites (tertiary alicyclic amines) is 1. The first-order valence-corrected chi connectivity index (χ1v) is 8.08. The monoisotopic (exact) mass is 312 g/mol. The van der Waals surface area contributed by atoms with E-state index in [1.807, 2.05) is 31.2 Å². The number of amides is 1. The number of nitrogens with zero attached hydrogens (tertiary/aromatic N) is 1. The van der Waals surface area contributed by atoms with Gasteiger partial charge in [0.1, 0.15) is 0 Å². The molecule has 0 bridgehead atoms. The summed E-state index contributed by atoms with van der Waals surface area (Å²) in [5.41, 5.74) is 2.42. The summed E-state index contributed by atoms with van der Waals surface area (Å²) in [4.78, 5) is 30.3. The van der Waals surface area contributed by atoms with Crippen LogP contribution in [0.1, 0.15) is 28.9 Å². The van der Waals surface area contributed by atoms with Crippen LogP contribution in [-0.4, -0.2) is 47.9 Å². The third-order valence-corrected chi connectivity index (χ3v) is 5.24. The van der Waals surface area contributed by atoms with Crippen molar-refractivity contribution >= 4 is 22.6 Å². The molecule has 5 nitrogen and oxygen atoms in total. The Morgan fingerprint density at radius 3 is 2.52 bits per heavy atom. The average molecular weight is 312 g/mol. The second-order valence-corrected chi connectivity index (χ2v) is 6.78. The van der Waals surface area contributed by atoms with E-state index < -0.39 is 5.78 Å². The van der Waals surface area contributed by atoms with E-state index in [0.29, 0.717) is 18.7 Å². The number of Topliss-reactive ketones (excluding diaryl/α,β-unsaturated/α-hetero) is 1. The molecule has 1 N–H and O–H groups in total.